The molecule has 2 fully saturated rings. The standard InChI is InChI=1S/C23H32N4O3S2/c1-23(2,3)20-17-31-21(24-20)16-25-12-14-26(15-13-25)22(28)18-6-8-19(9-7-18)32(29,30)27-10-4-5-11-27/h6-9,17H,4-5,10-16H2,1-3H3. The molecule has 2 aliphatic heterocycles. The van der Waals surface area contributed by atoms with Crippen LogP contribution in [0.25, 0.3) is 0 Å². The van der Waals surface area contributed by atoms with Gasteiger partial charge in [-0.3, -0.25) is 9.69 Å². The molecule has 1 amide bonds. The molecule has 0 N–H and O–H groups in total. The van der Waals surface area contributed by atoms with Gasteiger partial charge in [-0.15, -0.1) is 11.3 Å². The molecule has 0 spiro atoms. The van der Waals surface area contributed by atoms with E-state index in [1.54, 1.807) is 35.6 Å². The lowest BCUT2D eigenvalue weighted by Crippen LogP contribution is -2.48. The average molecular weight is 477 g/mol. The SMILES string of the molecule is CC(C)(C)c1csc(CN2CCN(C(=O)c3ccc(S(=O)(=O)N4CCCC4)cc3)CC2)n1. The minimum Gasteiger partial charge on any atom is -0.336 e. The topological polar surface area (TPSA) is 73.8 Å². The molecule has 3 heterocycles. The van der Waals surface area contributed by atoms with E-state index in [2.05, 4.69) is 31.1 Å². The number of hydrogen-bond acceptors (Lipinski definition) is 6. The van der Waals surface area contributed by atoms with Crippen LogP contribution < -0.4 is 0 Å². The molecular weight excluding hydrogens is 444 g/mol. The monoisotopic (exact) mass is 476 g/mol. The number of thiazole rings is 1. The molecule has 0 radical (unpaired) electrons. The lowest BCUT2D eigenvalue weighted by molar-refractivity contribution is 0.0628. The fourth-order valence-corrected chi connectivity index (χ4v) is 6.64. The first-order valence-corrected chi connectivity index (χ1v) is 13.5. The summed E-state index contributed by atoms with van der Waals surface area (Å²) < 4.78 is 26.9. The highest BCUT2D eigenvalue weighted by Crippen LogP contribution is 2.25. The molecule has 2 saturated heterocycles. The van der Waals surface area contributed by atoms with E-state index in [4.69, 9.17) is 4.98 Å². The highest BCUT2D eigenvalue weighted by Gasteiger charge is 2.28. The molecule has 1 aromatic heterocycles. The smallest absolute Gasteiger partial charge is 0.253 e. The second-order valence-electron chi connectivity index (χ2n) is 9.58. The zero-order valence-electron chi connectivity index (χ0n) is 19.1. The van der Waals surface area contributed by atoms with Crippen LogP contribution in [-0.2, 0) is 22.0 Å². The summed E-state index contributed by atoms with van der Waals surface area (Å²) in [6.07, 6.45) is 1.81. The predicted octanol–water partition coefficient (Wildman–Crippen LogP) is 3.18. The normalized spacial score (nSPS) is 18.9. The van der Waals surface area contributed by atoms with Crippen molar-refractivity contribution in [2.75, 3.05) is 39.3 Å². The van der Waals surface area contributed by atoms with E-state index >= 15 is 0 Å². The number of hydrogen-bond donors (Lipinski definition) is 0. The minimum absolute atomic E-state index is 0.0426. The maximum absolute atomic E-state index is 12.9. The number of benzene rings is 1. The third-order valence-corrected chi connectivity index (χ3v) is 8.89. The number of aromatic nitrogens is 1. The Bertz CT molecular complexity index is 1040. The number of carbonyl (C=O) groups excluding carboxylic acids is 1. The first kappa shape index (κ1) is 23.4. The van der Waals surface area contributed by atoms with Gasteiger partial charge >= 0.3 is 0 Å². The molecule has 1 aromatic carbocycles. The van der Waals surface area contributed by atoms with Crippen molar-refractivity contribution in [3.63, 3.8) is 0 Å². The van der Waals surface area contributed by atoms with Crippen molar-refractivity contribution in [1.82, 2.24) is 19.1 Å². The van der Waals surface area contributed by atoms with E-state index < -0.39 is 10.0 Å². The Balaban J connectivity index is 1.33. The summed E-state index contributed by atoms with van der Waals surface area (Å²) in [5.41, 5.74) is 1.72. The molecule has 174 valence electrons. The molecule has 0 bridgehead atoms. The fourth-order valence-electron chi connectivity index (χ4n) is 4.06. The number of nitrogens with zero attached hydrogens (tertiary/aromatic N) is 4. The Hall–Kier alpha value is -1.81. The molecule has 0 saturated carbocycles. The fraction of sp³-hybridized carbons (Fsp3) is 0.565. The zero-order chi connectivity index (χ0) is 22.9. The molecule has 9 heteroatoms. The first-order valence-electron chi connectivity index (χ1n) is 11.2. The number of carbonyl (C=O) groups is 1. The minimum atomic E-state index is -3.45. The molecule has 32 heavy (non-hydrogen) atoms. The molecular formula is C23H32N4O3S2. The molecule has 2 aromatic rings. The van der Waals surface area contributed by atoms with Crippen LogP contribution in [0.3, 0.4) is 0 Å². The van der Waals surface area contributed by atoms with Crippen LogP contribution in [-0.4, -0.2) is 72.7 Å². The van der Waals surface area contributed by atoms with Crippen molar-refractivity contribution in [3.8, 4) is 0 Å². The van der Waals surface area contributed by atoms with Crippen LogP contribution in [0.1, 0.15) is 54.7 Å². The van der Waals surface area contributed by atoms with Gasteiger partial charge in [0.2, 0.25) is 10.0 Å². The summed E-state index contributed by atoms with van der Waals surface area (Å²) in [4.78, 5) is 22.2. The summed E-state index contributed by atoms with van der Waals surface area (Å²) in [6.45, 7) is 11.4. The van der Waals surface area contributed by atoms with Crippen LogP contribution in [0.15, 0.2) is 34.5 Å². The van der Waals surface area contributed by atoms with Crippen molar-refractivity contribution in [2.45, 2.75) is 50.5 Å². The van der Waals surface area contributed by atoms with Gasteiger partial charge < -0.3 is 4.90 Å². The van der Waals surface area contributed by atoms with Crippen molar-refractivity contribution >= 4 is 27.3 Å². The largest absolute Gasteiger partial charge is 0.336 e. The second-order valence-corrected chi connectivity index (χ2v) is 12.5. The van der Waals surface area contributed by atoms with E-state index in [-0.39, 0.29) is 16.2 Å². The van der Waals surface area contributed by atoms with Crippen LogP contribution in [0.2, 0.25) is 0 Å². The maximum atomic E-state index is 12.9. The highest BCUT2D eigenvalue weighted by atomic mass is 32.2. The number of amides is 1. The van der Waals surface area contributed by atoms with Crippen molar-refractivity contribution in [2.24, 2.45) is 0 Å². The van der Waals surface area contributed by atoms with Crippen molar-refractivity contribution in [3.05, 3.63) is 45.9 Å². The van der Waals surface area contributed by atoms with Crippen LogP contribution in [0, 0.1) is 0 Å². The lowest BCUT2D eigenvalue weighted by Gasteiger charge is -2.34. The third-order valence-electron chi connectivity index (χ3n) is 6.14. The first-order chi connectivity index (χ1) is 15.1. The number of sulfonamides is 1. The van der Waals surface area contributed by atoms with Gasteiger partial charge in [-0.2, -0.15) is 4.31 Å². The molecule has 0 unspecified atom stereocenters. The molecule has 7 nitrogen and oxygen atoms in total. The molecule has 2 aliphatic rings. The average Bonchev–Trinajstić information content (AvgIpc) is 3.46. The van der Waals surface area contributed by atoms with Gasteiger partial charge in [-0.25, -0.2) is 13.4 Å². The highest BCUT2D eigenvalue weighted by molar-refractivity contribution is 7.89. The quantitative estimate of drug-likeness (QED) is 0.663. The molecule has 0 atom stereocenters. The Labute approximate surface area is 195 Å². The Morgan fingerprint density at radius 3 is 2.19 bits per heavy atom. The Morgan fingerprint density at radius 2 is 1.62 bits per heavy atom. The molecule has 4 rings (SSSR count). The summed E-state index contributed by atoms with van der Waals surface area (Å²) >= 11 is 1.70. The van der Waals surface area contributed by atoms with Crippen molar-refractivity contribution in [1.29, 1.82) is 0 Å². The van der Waals surface area contributed by atoms with Crippen LogP contribution in [0.5, 0.6) is 0 Å². The predicted molar refractivity (Wildman–Crippen MR) is 126 cm³/mol. The van der Waals surface area contributed by atoms with Gasteiger partial charge in [0.15, 0.2) is 0 Å². The Kier molecular flexibility index (Phi) is 6.72. The van der Waals surface area contributed by atoms with E-state index in [1.165, 1.54) is 4.31 Å². The van der Waals surface area contributed by atoms with Gasteiger partial charge in [-0.1, -0.05) is 20.8 Å². The van der Waals surface area contributed by atoms with Gasteiger partial charge in [0.25, 0.3) is 5.91 Å². The van der Waals surface area contributed by atoms with E-state index in [0.29, 0.717) is 31.7 Å². The van der Waals surface area contributed by atoms with Gasteiger partial charge in [-0.05, 0) is 37.1 Å². The van der Waals surface area contributed by atoms with Crippen LogP contribution >= 0.6 is 11.3 Å². The maximum Gasteiger partial charge on any atom is 0.253 e. The van der Waals surface area contributed by atoms with E-state index in [9.17, 15) is 13.2 Å². The number of rotatable bonds is 5. The van der Waals surface area contributed by atoms with E-state index in [1.807, 2.05) is 4.90 Å². The summed E-state index contributed by atoms with van der Waals surface area (Å²) in [7, 11) is -3.45. The summed E-state index contributed by atoms with van der Waals surface area (Å²) in [6, 6.07) is 6.40. The lowest BCUT2D eigenvalue weighted by atomic mass is 9.93. The van der Waals surface area contributed by atoms with E-state index in [0.717, 1.165) is 43.2 Å². The third kappa shape index (κ3) is 5.06. The van der Waals surface area contributed by atoms with Crippen LogP contribution in [0.4, 0.5) is 0 Å². The summed E-state index contributed by atoms with van der Waals surface area (Å²) in [5, 5.41) is 3.26. The van der Waals surface area contributed by atoms with Gasteiger partial charge in [0.05, 0.1) is 17.1 Å². The zero-order valence-corrected chi connectivity index (χ0v) is 20.7. The molecule has 0 aliphatic carbocycles. The summed E-state index contributed by atoms with van der Waals surface area (Å²) in [5.74, 6) is -0.0426. The second kappa shape index (κ2) is 9.21. The van der Waals surface area contributed by atoms with Gasteiger partial charge in [0.1, 0.15) is 5.01 Å². The van der Waals surface area contributed by atoms with Crippen molar-refractivity contribution < 1.29 is 13.2 Å². The van der Waals surface area contributed by atoms with Gasteiger partial charge in [0, 0.05) is 55.6 Å². The Morgan fingerprint density at radius 1 is 1.00 bits per heavy atom. The number of piperazine rings is 1.